The van der Waals surface area contributed by atoms with E-state index in [0.717, 1.165) is 10.2 Å². The molecule has 1 aliphatic rings. The van der Waals surface area contributed by atoms with Gasteiger partial charge in [0.25, 0.3) is 5.91 Å². The molecule has 1 saturated heterocycles. The Bertz CT molecular complexity index is 912. The molecule has 0 unspecified atom stereocenters. The summed E-state index contributed by atoms with van der Waals surface area (Å²) in [5.41, 5.74) is 1.02. The maximum atomic E-state index is 14.1. The van der Waals surface area contributed by atoms with Crippen molar-refractivity contribution >= 4 is 27.5 Å². The third-order valence-electron chi connectivity index (χ3n) is 4.15. The van der Waals surface area contributed by atoms with Crippen LogP contribution in [0.15, 0.2) is 30.3 Å². The Morgan fingerprint density at radius 2 is 2.04 bits per heavy atom. The van der Waals surface area contributed by atoms with Crippen molar-refractivity contribution in [3.63, 3.8) is 0 Å². The number of thiophene rings is 1. The molecule has 7 heteroatoms. The van der Waals surface area contributed by atoms with E-state index in [1.54, 1.807) is 27.8 Å². The molecular weight excluding hydrogens is 329 g/mol. The van der Waals surface area contributed by atoms with Gasteiger partial charge in [0, 0.05) is 31.1 Å². The van der Waals surface area contributed by atoms with E-state index >= 15 is 0 Å². The lowest BCUT2D eigenvalue weighted by molar-refractivity contribution is 0.0306. The first-order valence-electron chi connectivity index (χ1n) is 7.73. The molecule has 1 aromatic carbocycles. The maximum absolute atomic E-state index is 14.1. The number of rotatable bonds is 2. The van der Waals surface area contributed by atoms with Gasteiger partial charge in [0.15, 0.2) is 0 Å². The van der Waals surface area contributed by atoms with Crippen LogP contribution in [0.1, 0.15) is 9.67 Å². The Hall–Kier alpha value is -2.25. The highest BCUT2D eigenvalue weighted by Crippen LogP contribution is 2.35. The number of aryl methyl sites for hydroxylation is 1. The Labute approximate surface area is 142 Å². The zero-order chi connectivity index (χ0) is 16.7. The fourth-order valence-electron chi connectivity index (χ4n) is 2.92. The summed E-state index contributed by atoms with van der Waals surface area (Å²) in [5.74, 6) is -0.316. The number of hydrogen-bond acceptors (Lipinski definition) is 4. The fraction of sp³-hybridized carbons (Fsp3) is 0.294. The van der Waals surface area contributed by atoms with E-state index in [-0.39, 0.29) is 11.7 Å². The summed E-state index contributed by atoms with van der Waals surface area (Å²) in [6.45, 7) is 2.34. The molecule has 1 fully saturated rings. The second kappa shape index (κ2) is 5.99. The van der Waals surface area contributed by atoms with E-state index in [1.807, 2.05) is 13.1 Å². The highest BCUT2D eigenvalue weighted by atomic mass is 32.1. The number of carbonyl (C=O) groups excluding carboxylic acids is 1. The summed E-state index contributed by atoms with van der Waals surface area (Å²) in [7, 11) is 1.81. The molecule has 124 valence electrons. The van der Waals surface area contributed by atoms with E-state index < -0.39 is 0 Å². The highest BCUT2D eigenvalue weighted by molar-refractivity contribution is 7.20. The first kappa shape index (κ1) is 15.3. The summed E-state index contributed by atoms with van der Waals surface area (Å²) in [5, 5.41) is 5.25. The molecule has 0 atom stereocenters. The van der Waals surface area contributed by atoms with E-state index in [4.69, 9.17) is 4.74 Å². The second-order valence-electron chi connectivity index (χ2n) is 5.69. The third-order valence-corrected chi connectivity index (χ3v) is 5.34. The molecule has 4 rings (SSSR count). The van der Waals surface area contributed by atoms with Gasteiger partial charge in [-0.1, -0.05) is 12.1 Å². The molecular formula is C17H16FN3O2S. The summed E-state index contributed by atoms with van der Waals surface area (Å²) in [4.78, 5) is 16.0. The number of ether oxygens (including phenoxy) is 1. The molecule has 0 N–H and O–H groups in total. The Kier molecular flexibility index (Phi) is 3.82. The normalized spacial score (nSPS) is 15.2. The first-order chi connectivity index (χ1) is 11.6. The molecule has 0 bridgehead atoms. The van der Waals surface area contributed by atoms with Crippen LogP contribution < -0.4 is 0 Å². The van der Waals surface area contributed by atoms with Crippen molar-refractivity contribution in [2.75, 3.05) is 26.3 Å². The second-order valence-corrected chi connectivity index (χ2v) is 6.72. The number of aromatic nitrogens is 2. The minimum absolute atomic E-state index is 0.000941. The Morgan fingerprint density at radius 3 is 2.79 bits per heavy atom. The van der Waals surface area contributed by atoms with Gasteiger partial charge in [-0.3, -0.25) is 9.48 Å². The minimum Gasteiger partial charge on any atom is -0.378 e. The molecule has 2 aromatic heterocycles. The lowest BCUT2D eigenvalue weighted by Crippen LogP contribution is -2.40. The lowest BCUT2D eigenvalue weighted by atomic mass is 10.1. The molecule has 3 aromatic rings. The standard InChI is InChI=1S/C17H16FN3O2S/c1-20-17-12(15(19-20)11-4-2-3-5-13(11)18)10-14(24-17)16(22)21-6-8-23-9-7-21/h2-5,10H,6-9H2,1H3. The number of fused-ring (bicyclic) bond motifs is 1. The zero-order valence-electron chi connectivity index (χ0n) is 13.2. The van der Waals surface area contributed by atoms with Gasteiger partial charge in [-0.25, -0.2) is 4.39 Å². The number of morpholine rings is 1. The van der Waals surface area contributed by atoms with E-state index in [9.17, 15) is 9.18 Å². The molecule has 1 amide bonds. The summed E-state index contributed by atoms with van der Waals surface area (Å²) in [6, 6.07) is 8.39. The number of nitrogens with zero attached hydrogens (tertiary/aromatic N) is 3. The van der Waals surface area contributed by atoms with Crippen LogP contribution >= 0.6 is 11.3 Å². The lowest BCUT2D eigenvalue weighted by Gasteiger charge is -2.26. The maximum Gasteiger partial charge on any atom is 0.264 e. The SMILES string of the molecule is Cn1nc(-c2ccccc2F)c2cc(C(=O)N3CCOCC3)sc21. The smallest absolute Gasteiger partial charge is 0.264 e. The van der Waals surface area contributed by atoms with E-state index in [0.29, 0.717) is 42.4 Å². The number of carbonyl (C=O) groups is 1. The predicted molar refractivity (Wildman–Crippen MR) is 90.7 cm³/mol. The average molecular weight is 345 g/mol. The van der Waals surface area contributed by atoms with Crippen LogP contribution in [0, 0.1) is 5.82 Å². The first-order valence-corrected chi connectivity index (χ1v) is 8.55. The topological polar surface area (TPSA) is 47.4 Å². The molecule has 0 saturated carbocycles. The van der Waals surface area contributed by atoms with E-state index in [1.165, 1.54) is 17.4 Å². The van der Waals surface area contributed by atoms with Gasteiger partial charge < -0.3 is 9.64 Å². The molecule has 0 spiro atoms. The van der Waals surface area contributed by atoms with Crippen LogP contribution in [-0.2, 0) is 11.8 Å². The Morgan fingerprint density at radius 1 is 1.29 bits per heavy atom. The van der Waals surface area contributed by atoms with Gasteiger partial charge in [0.05, 0.1) is 18.1 Å². The van der Waals surface area contributed by atoms with Gasteiger partial charge in [0.2, 0.25) is 0 Å². The van der Waals surface area contributed by atoms with E-state index in [2.05, 4.69) is 5.10 Å². The minimum atomic E-state index is -0.315. The largest absolute Gasteiger partial charge is 0.378 e. The predicted octanol–water partition coefficient (Wildman–Crippen LogP) is 2.91. The van der Waals surface area contributed by atoms with Gasteiger partial charge in [-0.05, 0) is 18.2 Å². The van der Waals surface area contributed by atoms with Crippen LogP contribution in [0.2, 0.25) is 0 Å². The number of benzene rings is 1. The van der Waals surface area contributed by atoms with Crippen molar-refractivity contribution in [3.8, 4) is 11.3 Å². The molecule has 3 heterocycles. The number of halogens is 1. The van der Waals surface area contributed by atoms with Crippen molar-refractivity contribution in [2.45, 2.75) is 0 Å². The van der Waals surface area contributed by atoms with Crippen molar-refractivity contribution in [2.24, 2.45) is 7.05 Å². The van der Waals surface area contributed by atoms with Crippen molar-refractivity contribution in [1.29, 1.82) is 0 Å². The van der Waals surface area contributed by atoms with Gasteiger partial charge in [-0.2, -0.15) is 5.10 Å². The molecule has 0 radical (unpaired) electrons. The Balaban J connectivity index is 1.77. The third kappa shape index (κ3) is 2.50. The van der Waals surface area contributed by atoms with Crippen molar-refractivity contribution in [3.05, 3.63) is 41.0 Å². The monoisotopic (exact) mass is 345 g/mol. The molecule has 5 nitrogen and oxygen atoms in total. The molecule has 0 aliphatic carbocycles. The number of amides is 1. The van der Waals surface area contributed by atoms with Crippen molar-refractivity contribution < 1.29 is 13.9 Å². The van der Waals surface area contributed by atoms with Crippen LogP contribution in [0.4, 0.5) is 4.39 Å². The summed E-state index contributed by atoms with van der Waals surface area (Å²) in [6.07, 6.45) is 0. The fourth-order valence-corrected chi connectivity index (χ4v) is 3.96. The number of hydrogen-bond donors (Lipinski definition) is 0. The van der Waals surface area contributed by atoms with Crippen LogP contribution in [0.3, 0.4) is 0 Å². The average Bonchev–Trinajstić information content (AvgIpc) is 3.17. The molecule has 1 aliphatic heterocycles. The van der Waals surface area contributed by atoms with Crippen molar-refractivity contribution in [1.82, 2.24) is 14.7 Å². The zero-order valence-corrected chi connectivity index (χ0v) is 14.0. The highest BCUT2D eigenvalue weighted by Gasteiger charge is 2.23. The summed E-state index contributed by atoms with van der Waals surface area (Å²) < 4.78 is 21.1. The van der Waals surface area contributed by atoms with Gasteiger partial charge >= 0.3 is 0 Å². The van der Waals surface area contributed by atoms with Gasteiger partial charge in [-0.15, -0.1) is 11.3 Å². The molecule has 24 heavy (non-hydrogen) atoms. The summed E-state index contributed by atoms with van der Waals surface area (Å²) >= 11 is 1.39. The van der Waals surface area contributed by atoms with Crippen LogP contribution in [-0.4, -0.2) is 46.9 Å². The van der Waals surface area contributed by atoms with Crippen LogP contribution in [0.25, 0.3) is 21.5 Å². The quantitative estimate of drug-likeness (QED) is 0.717. The van der Waals surface area contributed by atoms with Crippen LogP contribution in [0.5, 0.6) is 0 Å². The van der Waals surface area contributed by atoms with Gasteiger partial charge in [0.1, 0.15) is 16.3 Å².